The van der Waals surface area contributed by atoms with E-state index in [0.29, 0.717) is 6.04 Å². The Balaban J connectivity index is 3.85. The van der Waals surface area contributed by atoms with Crippen LogP contribution in [0.1, 0.15) is 52.9 Å². The number of hydrogen-bond acceptors (Lipinski definition) is 3. The van der Waals surface area contributed by atoms with Crippen LogP contribution in [0.3, 0.4) is 0 Å². The molecule has 1 N–H and O–H groups in total. The van der Waals surface area contributed by atoms with Crippen molar-refractivity contribution < 1.29 is 9.53 Å². The molecule has 1 unspecified atom stereocenters. The maximum Gasteiger partial charge on any atom is 0.322 e. The van der Waals surface area contributed by atoms with E-state index in [2.05, 4.69) is 12.2 Å². The average molecular weight is 215 g/mol. The summed E-state index contributed by atoms with van der Waals surface area (Å²) in [6.45, 7) is 6.27. The quantitative estimate of drug-likeness (QED) is 0.499. The lowest BCUT2D eigenvalue weighted by molar-refractivity contribution is -0.143. The van der Waals surface area contributed by atoms with Gasteiger partial charge in [-0.25, -0.2) is 0 Å². The van der Waals surface area contributed by atoms with Crippen LogP contribution in [0.2, 0.25) is 0 Å². The van der Waals surface area contributed by atoms with Crippen molar-refractivity contribution in [2.75, 3.05) is 7.11 Å². The zero-order chi connectivity index (χ0) is 11.7. The third-order valence-corrected chi connectivity index (χ3v) is 2.37. The van der Waals surface area contributed by atoms with E-state index in [1.54, 1.807) is 0 Å². The molecule has 0 radical (unpaired) electrons. The van der Waals surface area contributed by atoms with Gasteiger partial charge >= 0.3 is 5.97 Å². The lowest BCUT2D eigenvalue weighted by atomic mass is 10.1. The Bertz CT molecular complexity index is 169. The molecular formula is C12H25NO2. The molecule has 15 heavy (non-hydrogen) atoms. The van der Waals surface area contributed by atoms with Gasteiger partial charge in [0.2, 0.25) is 0 Å². The van der Waals surface area contributed by atoms with Crippen LogP contribution in [0.25, 0.3) is 0 Å². The van der Waals surface area contributed by atoms with Crippen molar-refractivity contribution in [3.05, 3.63) is 0 Å². The number of ether oxygens (including phenoxy) is 1. The molecule has 0 amide bonds. The van der Waals surface area contributed by atoms with Gasteiger partial charge in [-0.3, -0.25) is 4.79 Å². The summed E-state index contributed by atoms with van der Waals surface area (Å²) in [4.78, 5) is 11.4. The highest BCUT2D eigenvalue weighted by atomic mass is 16.5. The molecule has 0 aromatic heterocycles. The zero-order valence-electron chi connectivity index (χ0n) is 10.5. The molecule has 0 saturated carbocycles. The Morgan fingerprint density at radius 1 is 1.27 bits per heavy atom. The minimum Gasteiger partial charge on any atom is -0.468 e. The van der Waals surface area contributed by atoms with Crippen molar-refractivity contribution in [1.82, 2.24) is 5.32 Å². The minimum atomic E-state index is -0.139. The van der Waals surface area contributed by atoms with Gasteiger partial charge in [0.1, 0.15) is 6.04 Å². The summed E-state index contributed by atoms with van der Waals surface area (Å²) in [5.41, 5.74) is 0. The van der Waals surface area contributed by atoms with E-state index in [0.717, 1.165) is 12.8 Å². The number of nitrogens with one attached hydrogen (secondary N) is 1. The molecule has 3 heteroatoms. The smallest absolute Gasteiger partial charge is 0.322 e. The molecule has 1 atom stereocenters. The number of hydrogen-bond donors (Lipinski definition) is 1. The van der Waals surface area contributed by atoms with Crippen molar-refractivity contribution in [3.8, 4) is 0 Å². The SMILES string of the molecule is CCCCCCC(NC(C)C)C(=O)OC. The van der Waals surface area contributed by atoms with Crippen LogP contribution < -0.4 is 5.32 Å². The minimum absolute atomic E-state index is 0.133. The molecule has 0 rings (SSSR count). The zero-order valence-corrected chi connectivity index (χ0v) is 10.5. The fourth-order valence-corrected chi connectivity index (χ4v) is 1.59. The second-order valence-corrected chi connectivity index (χ2v) is 4.25. The first-order valence-electron chi connectivity index (χ1n) is 5.95. The molecule has 0 aromatic rings. The van der Waals surface area contributed by atoms with Crippen LogP contribution in [0, 0.1) is 0 Å². The van der Waals surface area contributed by atoms with Gasteiger partial charge < -0.3 is 10.1 Å². The van der Waals surface area contributed by atoms with Gasteiger partial charge in [0, 0.05) is 6.04 Å². The topological polar surface area (TPSA) is 38.3 Å². The lowest BCUT2D eigenvalue weighted by Crippen LogP contribution is -2.41. The highest BCUT2D eigenvalue weighted by molar-refractivity contribution is 5.75. The molecule has 0 aromatic carbocycles. The van der Waals surface area contributed by atoms with Gasteiger partial charge in [-0.1, -0.05) is 46.5 Å². The molecule has 90 valence electrons. The van der Waals surface area contributed by atoms with E-state index in [1.165, 1.54) is 26.4 Å². The Morgan fingerprint density at radius 3 is 2.40 bits per heavy atom. The number of esters is 1. The van der Waals surface area contributed by atoms with E-state index in [1.807, 2.05) is 13.8 Å². The van der Waals surface area contributed by atoms with E-state index in [-0.39, 0.29) is 12.0 Å². The Hall–Kier alpha value is -0.570. The summed E-state index contributed by atoms with van der Waals surface area (Å²) in [5.74, 6) is -0.139. The summed E-state index contributed by atoms with van der Waals surface area (Å²) >= 11 is 0. The summed E-state index contributed by atoms with van der Waals surface area (Å²) in [7, 11) is 1.45. The molecule has 0 bridgehead atoms. The van der Waals surface area contributed by atoms with Crippen LogP contribution in [0.5, 0.6) is 0 Å². The van der Waals surface area contributed by atoms with Crippen LogP contribution in [-0.4, -0.2) is 25.2 Å². The molecule has 0 spiro atoms. The average Bonchev–Trinajstić information content (AvgIpc) is 2.21. The molecule has 3 nitrogen and oxygen atoms in total. The number of methoxy groups -OCH3 is 1. The molecular weight excluding hydrogens is 190 g/mol. The summed E-state index contributed by atoms with van der Waals surface area (Å²) < 4.78 is 4.77. The second-order valence-electron chi connectivity index (χ2n) is 4.25. The standard InChI is InChI=1S/C12H25NO2/c1-5-6-7-8-9-11(12(14)15-4)13-10(2)3/h10-11,13H,5-9H2,1-4H3. The Morgan fingerprint density at radius 2 is 1.93 bits per heavy atom. The van der Waals surface area contributed by atoms with Gasteiger partial charge in [0.15, 0.2) is 0 Å². The number of carbonyl (C=O) groups is 1. The van der Waals surface area contributed by atoms with Gasteiger partial charge in [-0.05, 0) is 6.42 Å². The van der Waals surface area contributed by atoms with E-state index in [4.69, 9.17) is 4.74 Å². The first-order valence-corrected chi connectivity index (χ1v) is 5.95. The van der Waals surface area contributed by atoms with Crippen molar-refractivity contribution in [1.29, 1.82) is 0 Å². The number of rotatable bonds is 8. The lowest BCUT2D eigenvalue weighted by Gasteiger charge is -2.18. The first-order chi connectivity index (χ1) is 7.11. The van der Waals surface area contributed by atoms with Crippen molar-refractivity contribution >= 4 is 5.97 Å². The maximum atomic E-state index is 11.4. The molecule has 0 fully saturated rings. The highest BCUT2D eigenvalue weighted by Gasteiger charge is 2.18. The largest absolute Gasteiger partial charge is 0.468 e. The Labute approximate surface area is 93.6 Å². The third-order valence-electron chi connectivity index (χ3n) is 2.37. The van der Waals surface area contributed by atoms with E-state index in [9.17, 15) is 4.79 Å². The van der Waals surface area contributed by atoms with Crippen LogP contribution in [-0.2, 0) is 9.53 Å². The van der Waals surface area contributed by atoms with Gasteiger partial charge in [-0.15, -0.1) is 0 Å². The normalized spacial score (nSPS) is 12.9. The van der Waals surface area contributed by atoms with Crippen LogP contribution >= 0.6 is 0 Å². The van der Waals surface area contributed by atoms with Crippen molar-refractivity contribution in [2.24, 2.45) is 0 Å². The highest BCUT2D eigenvalue weighted by Crippen LogP contribution is 2.07. The number of unbranched alkanes of at least 4 members (excludes halogenated alkanes) is 3. The predicted molar refractivity (Wildman–Crippen MR) is 62.8 cm³/mol. The van der Waals surface area contributed by atoms with Crippen molar-refractivity contribution in [2.45, 2.75) is 65.0 Å². The monoisotopic (exact) mass is 215 g/mol. The fourth-order valence-electron chi connectivity index (χ4n) is 1.59. The van der Waals surface area contributed by atoms with Gasteiger partial charge in [-0.2, -0.15) is 0 Å². The van der Waals surface area contributed by atoms with Crippen LogP contribution in [0.15, 0.2) is 0 Å². The van der Waals surface area contributed by atoms with E-state index >= 15 is 0 Å². The maximum absolute atomic E-state index is 11.4. The second kappa shape index (κ2) is 8.72. The molecule has 0 aliphatic rings. The summed E-state index contributed by atoms with van der Waals surface area (Å²) in [5, 5.41) is 3.23. The van der Waals surface area contributed by atoms with Crippen LogP contribution in [0.4, 0.5) is 0 Å². The molecule has 0 aliphatic carbocycles. The number of carbonyl (C=O) groups excluding carboxylic acids is 1. The van der Waals surface area contributed by atoms with E-state index < -0.39 is 0 Å². The molecule has 0 aliphatic heterocycles. The van der Waals surface area contributed by atoms with Gasteiger partial charge in [0.25, 0.3) is 0 Å². The first kappa shape index (κ1) is 14.4. The summed E-state index contributed by atoms with van der Waals surface area (Å²) in [6.07, 6.45) is 5.64. The predicted octanol–water partition coefficient (Wildman–Crippen LogP) is 2.50. The molecule has 0 saturated heterocycles. The summed E-state index contributed by atoms with van der Waals surface area (Å²) in [6, 6.07) is 0.187. The fraction of sp³-hybridized carbons (Fsp3) is 0.917. The van der Waals surface area contributed by atoms with Gasteiger partial charge in [0.05, 0.1) is 7.11 Å². The Kier molecular flexibility index (Phi) is 8.38. The molecule has 0 heterocycles. The van der Waals surface area contributed by atoms with Crippen molar-refractivity contribution in [3.63, 3.8) is 0 Å². The third kappa shape index (κ3) is 7.37.